The molecule has 0 saturated heterocycles. The third-order valence-corrected chi connectivity index (χ3v) is 3.57. The predicted octanol–water partition coefficient (Wildman–Crippen LogP) is 2.76. The van der Waals surface area contributed by atoms with E-state index in [2.05, 4.69) is 4.98 Å². The van der Waals surface area contributed by atoms with E-state index < -0.39 is 0 Å². The molecule has 0 saturated carbocycles. The maximum Gasteiger partial charge on any atom is 0.123 e. The van der Waals surface area contributed by atoms with Gasteiger partial charge in [0.15, 0.2) is 0 Å². The molecule has 2 aromatic rings. The van der Waals surface area contributed by atoms with Crippen LogP contribution in [0.25, 0.3) is 10.4 Å². The van der Waals surface area contributed by atoms with E-state index in [9.17, 15) is 4.39 Å². The van der Waals surface area contributed by atoms with Crippen LogP contribution >= 0.6 is 11.3 Å². The summed E-state index contributed by atoms with van der Waals surface area (Å²) in [7, 11) is 0. The highest BCUT2D eigenvalue weighted by atomic mass is 32.1. The molecule has 4 heteroatoms. The van der Waals surface area contributed by atoms with Gasteiger partial charge in [-0.15, -0.1) is 11.3 Å². The zero-order valence-corrected chi connectivity index (χ0v) is 9.85. The van der Waals surface area contributed by atoms with Crippen LogP contribution < -0.4 is 5.73 Å². The van der Waals surface area contributed by atoms with E-state index in [1.54, 1.807) is 23.5 Å². The largest absolute Gasteiger partial charge is 0.330 e. The van der Waals surface area contributed by atoms with Crippen molar-refractivity contribution in [3.63, 3.8) is 0 Å². The molecule has 0 amide bonds. The molecule has 0 aliphatic heterocycles. The Balaban J connectivity index is 2.36. The van der Waals surface area contributed by atoms with E-state index in [0.29, 0.717) is 6.54 Å². The SMILES string of the molecule is Cc1nc(CCN)sc1-c1ccc(F)cc1. The second-order valence-corrected chi connectivity index (χ2v) is 4.65. The van der Waals surface area contributed by atoms with E-state index in [1.165, 1.54) is 12.1 Å². The number of hydrogen-bond donors (Lipinski definition) is 1. The molecule has 2 N–H and O–H groups in total. The monoisotopic (exact) mass is 236 g/mol. The zero-order valence-electron chi connectivity index (χ0n) is 9.03. The summed E-state index contributed by atoms with van der Waals surface area (Å²) in [4.78, 5) is 5.54. The molecule has 0 atom stereocenters. The molecule has 1 aromatic heterocycles. The molecule has 0 unspecified atom stereocenters. The Kier molecular flexibility index (Phi) is 3.31. The highest BCUT2D eigenvalue weighted by molar-refractivity contribution is 7.15. The van der Waals surface area contributed by atoms with E-state index >= 15 is 0 Å². The molecular formula is C12H13FN2S. The number of nitrogens with zero attached hydrogens (tertiary/aromatic N) is 1. The molecule has 1 heterocycles. The molecule has 2 rings (SSSR count). The first kappa shape index (κ1) is 11.2. The van der Waals surface area contributed by atoms with Crippen LogP contribution in [0.3, 0.4) is 0 Å². The van der Waals surface area contributed by atoms with Gasteiger partial charge in [0.05, 0.1) is 15.6 Å². The van der Waals surface area contributed by atoms with Crippen LogP contribution in [0.1, 0.15) is 10.7 Å². The van der Waals surface area contributed by atoms with Crippen molar-refractivity contribution in [2.24, 2.45) is 5.73 Å². The molecule has 0 aliphatic carbocycles. The average molecular weight is 236 g/mol. The first-order valence-corrected chi connectivity index (χ1v) is 5.94. The van der Waals surface area contributed by atoms with Crippen molar-refractivity contribution in [3.8, 4) is 10.4 Å². The smallest absolute Gasteiger partial charge is 0.123 e. The topological polar surface area (TPSA) is 38.9 Å². The molecule has 84 valence electrons. The van der Waals surface area contributed by atoms with Gasteiger partial charge in [-0.25, -0.2) is 9.37 Å². The molecule has 16 heavy (non-hydrogen) atoms. The molecule has 1 aromatic carbocycles. The fourth-order valence-electron chi connectivity index (χ4n) is 1.55. The summed E-state index contributed by atoms with van der Waals surface area (Å²) in [6.45, 7) is 2.57. The summed E-state index contributed by atoms with van der Waals surface area (Å²) in [5.41, 5.74) is 7.50. The van der Waals surface area contributed by atoms with Gasteiger partial charge < -0.3 is 5.73 Å². The standard InChI is InChI=1S/C12H13FN2S/c1-8-12(16-11(15-8)6-7-14)9-2-4-10(13)5-3-9/h2-5H,6-7,14H2,1H3. The van der Waals surface area contributed by atoms with Crippen LogP contribution in [-0.4, -0.2) is 11.5 Å². The quantitative estimate of drug-likeness (QED) is 0.890. The van der Waals surface area contributed by atoms with Crippen molar-refractivity contribution in [1.82, 2.24) is 4.98 Å². The van der Waals surface area contributed by atoms with Crippen molar-refractivity contribution < 1.29 is 4.39 Å². The molecule has 0 bridgehead atoms. The lowest BCUT2D eigenvalue weighted by Gasteiger charge is -1.97. The number of nitrogens with two attached hydrogens (primary N) is 1. The highest BCUT2D eigenvalue weighted by Gasteiger charge is 2.09. The van der Waals surface area contributed by atoms with Crippen molar-refractivity contribution in [1.29, 1.82) is 0 Å². The van der Waals surface area contributed by atoms with Gasteiger partial charge >= 0.3 is 0 Å². The van der Waals surface area contributed by atoms with E-state index in [1.807, 2.05) is 6.92 Å². The molecule has 2 nitrogen and oxygen atoms in total. The van der Waals surface area contributed by atoms with E-state index in [4.69, 9.17) is 5.73 Å². The second kappa shape index (κ2) is 4.72. The minimum Gasteiger partial charge on any atom is -0.330 e. The highest BCUT2D eigenvalue weighted by Crippen LogP contribution is 2.30. The van der Waals surface area contributed by atoms with Gasteiger partial charge in [0.25, 0.3) is 0 Å². The van der Waals surface area contributed by atoms with Gasteiger partial charge in [0, 0.05) is 6.42 Å². The second-order valence-electron chi connectivity index (χ2n) is 3.57. The number of halogens is 1. The summed E-state index contributed by atoms with van der Waals surface area (Å²) >= 11 is 1.63. The maximum absolute atomic E-state index is 12.8. The molecule has 0 fully saturated rings. The predicted molar refractivity (Wildman–Crippen MR) is 65.0 cm³/mol. The van der Waals surface area contributed by atoms with E-state index in [-0.39, 0.29) is 5.82 Å². The summed E-state index contributed by atoms with van der Waals surface area (Å²) < 4.78 is 12.8. The van der Waals surface area contributed by atoms with Crippen molar-refractivity contribution >= 4 is 11.3 Å². The van der Waals surface area contributed by atoms with Gasteiger partial charge in [0.1, 0.15) is 5.82 Å². The summed E-state index contributed by atoms with van der Waals surface area (Å²) in [6, 6.07) is 6.50. The van der Waals surface area contributed by atoms with Crippen molar-refractivity contribution in [2.45, 2.75) is 13.3 Å². The summed E-state index contributed by atoms with van der Waals surface area (Å²) in [5, 5.41) is 1.04. The number of aromatic nitrogens is 1. The van der Waals surface area contributed by atoms with Crippen LogP contribution in [0, 0.1) is 12.7 Å². The average Bonchev–Trinajstić information content (AvgIpc) is 2.61. The third kappa shape index (κ3) is 2.28. The maximum atomic E-state index is 12.8. The number of hydrogen-bond acceptors (Lipinski definition) is 3. The fourth-order valence-corrected chi connectivity index (χ4v) is 2.64. The van der Waals surface area contributed by atoms with Crippen LogP contribution in [0.5, 0.6) is 0 Å². The Labute approximate surface area is 97.9 Å². The molecule has 0 radical (unpaired) electrons. The first-order chi connectivity index (χ1) is 7.70. The summed E-state index contributed by atoms with van der Waals surface area (Å²) in [6.07, 6.45) is 0.798. The summed E-state index contributed by atoms with van der Waals surface area (Å²) in [5.74, 6) is -0.215. The number of rotatable bonds is 3. The Morgan fingerprint density at radius 1 is 1.31 bits per heavy atom. The fraction of sp³-hybridized carbons (Fsp3) is 0.250. The Morgan fingerprint density at radius 2 is 2.00 bits per heavy atom. The van der Waals surface area contributed by atoms with Gasteiger partial charge in [-0.1, -0.05) is 12.1 Å². The minimum atomic E-state index is -0.215. The van der Waals surface area contributed by atoms with Gasteiger partial charge in [0.2, 0.25) is 0 Å². The van der Waals surface area contributed by atoms with Gasteiger partial charge in [-0.3, -0.25) is 0 Å². The Bertz CT molecular complexity index is 476. The molecule has 0 aliphatic rings. The number of aryl methyl sites for hydroxylation is 1. The lowest BCUT2D eigenvalue weighted by Crippen LogP contribution is -2.01. The first-order valence-electron chi connectivity index (χ1n) is 5.13. The zero-order chi connectivity index (χ0) is 11.5. The van der Waals surface area contributed by atoms with Crippen molar-refractivity contribution in [3.05, 3.63) is 40.8 Å². The lowest BCUT2D eigenvalue weighted by atomic mass is 10.1. The minimum absolute atomic E-state index is 0.215. The van der Waals surface area contributed by atoms with Crippen LogP contribution in [0.4, 0.5) is 4.39 Å². The third-order valence-electron chi connectivity index (χ3n) is 2.31. The Morgan fingerprint density at radius 3 is 2.62 bits per heavy atom. The van der Waals surface area contributed by atoms with Crippen LogP contribution in [0.15, 0.2) is 24.3 Å². The van der Waals surface area contributed by atoms with Crippen LogP contribution in [0.2, 0.25) is 0 Å². The molecular weight excluding hydrogens is 223 g/mol. The molecule has 0 spiro atoms. The van der Waals surface area contributed by atoms with E-state index in [0.717, 1.165) is 27.6 Å². The van der Waals surface area contributed by atoms with Gasteiger partial charge in [-0.05, 0) is 31.2 Å². The number of benzene rings is 1. The lowest BCUT2D eigenvalue weighted by molar-refractivity contribution is 0.628. The van der Waals surface area contributed by atoms with Gasteiger partial charge in [-0.2, -0.15) is 0 Å². The normalized spacial score (nSPS) is 10.7. The van der Waals surface area contributed by atoms with Crippen molar-refractivity contribution in [2.75, 3.05) is 6.54 Å². The van der Waals surface area contributed by atoms with Crippen LogP contribution in [-0.2, 0) is 6.42 Å². The number of thiazole rings is 1. The Hall–Kier alpha value is -1.26.